The lowest BCUT2D eigenvalue weighted by atomic mass is 10.0. The van der Waals surface area contributed by atoms with Crippen molar-refractivity contribution in [2.75, 3.05) is 20.8 Å². The van der Waals surface area contributed by atoms with E-state index in [0.717, 1.165) is 24.1 Å². The molecule has 0 radical (unpaired) electrons. The van der Waals surface area contributed by atoms with Crippen LogP contribution in [0.1, 0.15) is 30.5 Å². The number of urea groups is 1. The topological polar surface area (TPSA) is 77.4 Å². The molecule has 2 rings (SSSR count). The molecule has 0 aliphatic carbocycles. The number of hydrogen-bond donors (Lipinski definition) is 2. The van der Waals surface area contributed by atoms with Crippen LogP contribution in [-0.4, -0.2) is 36.6 Å². The largest absolute Gasteiger partial charge is 0.493 e. The second kappa shape index (κ2) is 8.96. The summed E-state index contributed by atoms with van der Waals surface area (Å²) in [6, 6.07) is 5.35. The molecule has 0 bridgehead atoms. The molecule has 2 amide bonds. The Kier molecular flexibility index (Phi) is 6.68. The quantitative estimate of drug-likeness (QED) is 0.721. The van der Waals surface area contributed by atoms with E-state index in [1.807, 2.05) is 42.9 Å². The van der Waals surface area contributed by atoms with Crippen LogP contribution in [-0.2, 0) is 6.54 Å². The first-order valence-corrected chi connectivity index (χ1v) is 8.29. The first-order chi connectivity index (χ1) is 12.0. The maximum Gasteiger partial charge on any atom is 0.315 e. The molecule has 2 aromatic rings. The molecular weight excluding hydrogens is 320 g/mol. The highest BCUT2D eigenvalue weighted by Crippen LogP contribution is 2.32. The Bertz CT molecular complexity index is 686. The molecule has 0 fully saturated rings. The SMILES string of the molecule is COc1cc(C)c([C@@H](C)NC(=O)NCCCn2cccn2)cc1OC. The van der Waals surface area contributed by atoms with E-state index in [4.69, 9.17) is 9.47 Å². The first kappa shape index (κ1) is 18.6. The number of methoxy groups -OCH3 is 2. The summed E-state index contributed by atoms with van der Waals surface area (Å²) < 4.78 is 12.5. The molecule has 25 heavy (non-hydrogen) atoms. The lowest BCUT2D eigenvalue weighted by molar-refractivity contribution is 0.237. The van der Waals surface area contributed by atoms with Crippen LogP contribution in [0.4, 0.5) is 4.79 Å². The van der Waals surface area contributed by atoms with Crippen LogP contribution in [0, 0.1) is 6.92 Å². The van der Waals surface area contributed by atoms with Gasteiger partial charge in [-0.15, -0.1) is 0 Å². The lowest BCUT2D eigenvalue weighted by Gasteiger charge is -2.19. The third kappa shape index (κ3) is 5.14. The minimum absolute atomic E-state index is 0.147. The molecule has 0 saturated heterocycles. The van der Waals surface area contributed by atoms with Crippen molar-refractivity contribution in [3.8, 4) is 11.5 Å². The predicted octanol–water partition coefficient (Wildman–Crippen LogP) is 2.66. The van der Waals surface area contributed by atoms with Gasteiger partial charge in [0.05, 0.1) is 20.3 Å². The highest BCUT2D eigenvalue weighted by Gasteiger charge is 2.15. The van der Waals surface area contributed by atoms with E-state index in [9.17, 15) is 4.79 Å². The van der Waals surface area contributed by atoms with Crippen molar-refractivity contribution < 1.29 is 14.3 Å². The molecule has 1 aromatic carbocycles. The van der Waals surface area contributed by atoms with Gasteiger partial charge in [0, 0.05) is 25.5 Å². The van der Waals surface area contributed by atoms with Gasteiger partial charge in [0.2, 0.25) is 0 Å². The van der Waals surface area contributed by atoms with Crippen molar-refractivity contribution in [3.05, 3.63) is 41.7 Å². The number of aryl methyl sites for hydroxylation is 2. The van der Waals surface area contributed by atoms with Crippen molar-refractivity contribution in [2.45, 2.75) is 32.9 Å². The van der Waals surface area contributed by atoms with Gasteiger partial charge in [-0.3, -0.25) is 4.68 Å². The Morgan fingerprint density at radius 3 is 2.64 bits per heavy atom. The molecule has 0 saturated carbocycles. The summed E-state index contributed by atoms with van der Waals surface area (Å²) in [7, 11) is 3.21. The summed E-state index contributed by atoms with van der Waals surface area (Å²) in [5.74, 6) is 1.33. The highest BCUT2D eigenvalue weighted by molar-refractivity contribution is 5.74. The van der Waals surface area contributed by atoms with Gasteiger partial charge in [-0.1, -0.05) is 0 Å². The second-order valence-corrected chi connectivity index (χ2v) is 5.81. The van der Waals surface area contributed by atoms with Crippen LogP contribution in [0.3, 0.4) is 0 Å². The van der Waals surface area contributed by atoms with E-state index < -0.39 is 0 Å². The maximum atomic E-state index is 12.1. The number of ether oxygens (including phenoxy) is 2. The number of aromatic nitrogens is 2. The molecule has 136 valence electrons. The van der Waals surface area contributed by atoms with Crippen LogP contribution < -0.4 is 20.1 Å². The molecule has 0 aliphatic heterocycles. The average molecular weight is 346 g/mol. The average Bonchev–Trinajstić information content (AvgIpc) is 3.11. The number of rotatable bonds is 8. The van der Waals surface area contributed by atoms with Crippen LogP contribution >= 0.6 is 0 Å². The zero-order valence-electron chi connectivity index (χ0n) is 15.2. The fourth-order valence-corrected chi connectivity index (χ4v) is 2.66. The van der Waals surface area contributed by atoms with Gasteiger partial charge in [0.15, 0.2) is 11.5 Å². The number of benzene rings is 1. The monoisotopic (exact) mass is 346 g/mol. The molecular formula is C18H26N4O3. The van der Waals surface area contributed by atoms with E-state index in [1.54, 1.807) is 20.4 Å². The predicted molar refractivity (Wildman–Crippen MR) is 96.1 cm³/mol. The number of nitrogens with one attached hydrogen (secondary N) is 2. The Labute approximate surface area is 148 Å². The van der Waals surface area contributed by atoms with E-state index >= 15 is 0 Å². The summed E-state index contributed by atoms with van der Waals surface area (Å²) in [5.41, 5.74) is 2.02. The summed E-state index contributed by atoms with van der Waals surface area (Å²) in [6.45, 7) is 5.29. The third-order valence-corrected chi connectivity index (χ3v) is 4.00. The van der Waals surface area contributed by atoms with E-state index in [2.05, 4.69) is 15.7 Å². The van der Waals surface area contributed by atoms with E-state index in [1.165, 1.54) is 0 Å². The van der Waals surface area contributed by atoms with Crippen molar-refractivity contribution >= 4 is 6.03 Å². The summed E-state index contributed by atoms with van der Waals surface area (Å²) in [4.78, 5) is 12.1. The molecule has 1 heterocycles. The number of amides is 2. The zero-order chi connectivity index (χ0) is 18.2. The van der Waals surface area contributed by atoms with Gasteiger partial charge in [-0.25, -0.2) is 4.79 Å². The van der Waals surface area contributed by atoms with Crippen molar-refractivity contribution in [2.24, 2.45) is 0 Å². The van der Waals surface area contributed by atoms with Crippen molar-refractivity contribution in [1.82, 2.24) is 20.4 Å². The number of hydrogen-bond acceptors (Lipinski definition) is 4. The van der Waals surface area contributed by atoms with Gasteiger partial charge < -0.3 is 20.1 Å². The van der Waals surface area contributed by atoms with E-state index in [-0.39, 0.29) is 12.1 Å². The molecule has 2 N–H and O–H groups in total. The number of carbonyl (C=O) groups is 1. The van der Waals surface area contributed by atoms with Gasteiger partial charge in [-0.05, 0) is 49.6 Å². The van der Waals surface area contributed by atoms with Crippen LogP contribution in [0.25, 0.3) is 0 Å². The van der Waals surface area contributed by atoms with E-state index in [0.29, 0.717) is 18.0 Å². The van der Waals surface area contributed by atoms with Crippen molar-refractivity contribution in [3.63, 3.8) is 0 Å². The Morgan fingerprint density at radius 1 is 1.28 bits per heavy atom. The van der Waals surface area contributed by atoms with Crippen LogP contribution in [0.5, 0.6) is 11.5 Å². The summed E-state index contributed by atoms with van der Waals surface area (Å²) in [6.07, 6.45) is 4.47. The maximum absolute atomic E-state index is 12.1. The van der Waals surface area contributed by atoms with Gasteiger partial charge in [-0.2, -0.15) is 5.10 Å². The lowest BCUT2D eigenvalue weighted by Crippen LogP contribution is -2.38. The molecule has 1 aromatic heterocycles. The minimum Gasteiger partial charge on any atom is -0.493 e. The molecule has 1 atom stereocenters. The summed E-state index contributed by atoms with van der Waals surface area (Å²) in [5, 5.41) is 9.95. The highest BCUT2D eigenvalue weighted by atomic mass is 16.5. The molecule has 0 spiro atoms. The Balaban J connectivity index is 1.85. The van der Waals surface area contributed by atoms with Gasteiger partial charge >= 0.3 is 6.03 Å². The Morgan fingerprint density at radius 2 is 2.00 bits per heavy atom. The smallest absolute Gasteiger partial charge is 0.315 e. The van der Waals surface area contributed by atoms with Crippen LogP contribution in [0.2, 0.25) is 0 Å². The fourth-order valence-electron chi connectivity index (χ4n) is 2.66. The molecule has 7 nitrogen and oxygen atoms in total. The van der Waals surface area contributed by atoms with Gasteiger partial charge in [0.25, 0.3) is 0 Å². The zero-order valence-corrected chi connectivity index (χ0v) is 15.2. The second-order valence-electron chi connectivity index (χ2n) is 5.81. The first-order valence-electron chi connectivity index (χ1n) is 8.29. The molecule has 0 unspecified atom stereocenters. The normalized spacial score (nSPS) is 11.7. The van der Waals surface area contributed by atoms with Crippen molar-refractivity contribution in [1.29, 1.82) is 0 Å². The number of carbonyl (C=O) groups excluding carboxylic acids is 1. The minimum atomic E-state index is -0.192. The third-order valence-electron chi connectivity index (χ3n) is 4.00. The molecule has 0 aliphatic rings. The number of nitrogens with zero attached hydrogens (tertiary/aromatic N) is 2. The Hall–Kier alpha value is -2.70. The van der Waals surface area contributed by atoms with Crippen LogP contribution in [0.15, 0.2) is 30.6 Å². The standard InChI is InChI=1S/C18H26N4O3/c1-13-11-16(24-3)17(25-4)12-15(13)14(2)21-18(23)19-7-5-9-22-10-6-8-20-22/h6,8,10-12,14H,5,7,9H2,1-4H3,(H2,19,21,23)/t14-/m1/s1. The fraction of sp³-hybridized carbons (Fsp3) is 0.444. The molecule has 7 heteroatoms. The summed E-state index contributed by atoms with van der Waals surface area (Å²) >= 11 is 0. The van der Waals surface area contributed by atoms with Gasteiger partial charge in [0.1, 0.15) is 0 Å².